The summed E-state index contributed by atoms with van der Waals surface area (Å²) < 4.78 is 1.79. The van der Waals surface area contributed by atoms with Crippen molar-refractivity contribution in [3.05, 3.63) is 32.7 Å². The average Bonchev–Trinajstić information content (AvgIpc) is 2.30. The molecule has 1 amide bonds. The third-order valence-electron chi connectivity index (χ3n) is 2.67. The zero-order valence-electron chi connectivity index (χ0n) is 9.21. The number of benzene rings is 1. The van der Waals surface area contributed by atoms with Gasteiger partial charge in [-0.1, -0.05) is 15.9 Å². The lowest BCUT2D eigenvalue weighted by atomic mass is 10.1. The van der Waals surface area contributed by atoms with Crippen LogP contribution in [0.4, 0.5) is 0 Å². The third kappa shape index (κ3) is 3.73. The van der Waals surface area contributed by atoms with Crippen LogP contribution in [0.3, 0.4) is 0 Å². The highest BCUT2D eigenvalue weighted by molar-refractivity contribution is 9.11. The van der Waals surface area contributed by atoms with Gasteiger partial charge in [0.1, 0.15) is 0 Å². The second-order valence-electron chi connectivity index (χ2n) is 4.01. The quantitative estimate of drug-likeness (QED) is 0.847. The molecule has 0 aromatic heterocycles. The predicted molar refractivity (Wildman–Crippen MR) is 79.7 cm³/mol. The van der Waals surface area contributed by atoms with Gasteiger partial charge in [-0.3, -0.25) is 4.79 Å². The highest BCUT2D eigenvalue weighted by Gasteiger charge is 2.18. The van der Waals surface area contributed by atoms with E-state index in [1.54, 1.807) is 0 Å². The van der Waals surface area contributed by atoms with Crippen molar-refractivity contribution >= 4 is 49.5 Å². The van der Waals surface area contributed by atoms with Crippen molar-refractivity contribution in [2.45, 2.75) is 18.9 Å². The molecular weight excluding hydrogens is 366 g/mol. The van der Waals surface area contributed by atoms with Gasteiger partial charge in [-0.2, -0.15) is 11.8 Å². The van der Waals surface area contributed by atoms with Crippen LogP contribution >= 0.6 is 43.6 Å². The topological polar surface area (TPSA) is 29.1 Å². The summed E-state index contributed by atoms with van der Waals surface area (Å²) in [6, 6.07) is 5.93. The Morgan fingerprint density at radius 3 is 2.88 bits per heavy atom. The summed E-state index contributed by atoms with van der Waals surface area (Å²) in [5.74, 6) is 2.26. The number of halogens is 2. The Labute approximate surface area is 122 Å². The number of nitrogens with one attached hydrogen (secondary N) is 1. The Kier molecular flexibility index (Phi) is 4.94. The number of hydrogen-bond acceptors (Lipinski definition) is 2. The van der Waals surface area contributed by atoms with Gasteiger partial charge in [0.15, 0.2) is 0 Å². The van der Waals surface area contributed by atoms with E-state index in [1.165, 1.54) is 12.2 Å². The minimum absolute atomic E-state index is 0.0110. The lowest BCUT2D eigenvalue weighted by molar-refractivity contribution is 0.0938. The first-order valence-corrected chi connectivity index (χ1v) is 8.24. The lowest BCUT2D eigenvalue weighted by Gasteiger charge is -2.22. The molecule has 0 aliphatic carbocycles. The smallest absolute Gasteiger partial charge is 0.252 e. The van der Waals surface area contributed by atoms with Crippen molar-refractivity contribution in [3.63, 3.8) is 0 Å². The molecule has 0 saturated carbocycles. The van der Waals surface area contributed by atoms with Crippen LogP contribution in [0.15, 0.2) is 27.1 Å². The minimum Gasteiger partial charge on any atom is -0.348 e. The van der Waals surface area contributed by atoms with Gasteiger partial charge in [-0.05, 0) is 52.7 Å². The predicted octanol–water partition coefficient (Wildman–Crippen LogP) is 3.84. The van der Waals surface area contributed by atoms with Crippen molar-refractivity contribution in [1.29, 1.82) is 0 Å². The van der Waals surface area contributed by atoms with Crippen LogP contribution < -0.4 is 5.32 Å². The van der Waals surface area contributed by atoms with E-state index < -0.39 is 0 Å². The Morgan fingerprint density at radius 1 is 1.41 bits per heavy atom. The standard InChI is InChI=1S/C12H13Br2NOS/c13-8-3-4-10(11(14)6-8)12(16)15-9-2-1-5-17-7-9/h3-4,6,9H,1-2,5,7H2,(H,15,16). The molecule has 0 bridgehead atoms. The second kappa shape index (κ2) is 6.25. The fraction of sp³-hybridized carbons (Fsp3) is 0.417. The summed E-state index contributed by atoms with van der Waals surface area (Å²) in [6.45, 7) is 0. The molecule has 1 saturated heterocycles. The van der Waals surface area contributed by atoms with Gasteiger partial charge < -0.3 is 5.32 Å². The molecule has 17 heavy (non-hydrogen) atoms. The fourth-order valence-electron chi connectivity index (χ4n) is 1.79. The van der Waals surface area contributed by atoms with E-state index in [4.69, 9.17) is 0 Å². The van der Waals surface area contributed by atoms with Gasteiger partial charge in [0, 0.05) is 20.7 Å². The van der Waals surface area contributed by atoms with Crippen LogP contribution in [-0.4, -0.2) is 23.5 Å². The van der Waals surface area contributed by atoms with Gasteiger partial charge in [0.25, 0.3) is 5.91 Å². The van der Waals surface area contributed by atoms with Crippen molar-refractivity contribution < 1.29 is 4.79 Å². The van der Waals surface area contributed by atoms with E-state index in [0.29, 0.717) is 11.6 Å². The summed E-state index contributed by atoms with van der Waals surface area (Å²) in [6.07, 6.45) is 2.28. The minimum atomic E-state index is 0.0110. The Bertz CT molecular complexity index is 419. The van der Waals surface area contributed by atoms with E-state index in [1.807, 2.05) is 30.0 Å². The lowest BCUT2D eigenvalue weighted by Crippen LogP contribution is -2.38. The van der Waals surface area contributed by atoms with E-state index in [2.05, 4.69) is 37.2 Å². The number of rotatable bonds is 2. The molecule has 1 heterocycles. The van der Waals surface area contributed by atoms with E-state index in [9.17, 15) is 4.79 Å². The maximum Gasteiger partial charge on any atom is 0.252 e. The summed E-state index contributed by atoms with van der Waals surface area (Å²) in [7, 11) is 0. The maximum atomic E-state index is 12.1. The van der Waals surface area contributed by atoms with Gasteiger partial charge in [-0.25, -0.2) is 0 Å². The number of hydrogen-bond donors (Lipinski definition) is 1. The third-order valence-corrected chi connectivity index (χ3v) is 5.04. The monoisotopic (exact) mass is 377 g/mol. The van der Waals surface area contributed by atoms with Gasteiger partial charge >= 0.3 is 0 Å². The molecule has 92 valence electrons. The summed E-state index contributed by atoms with van der Waals surface area (Å²) in [5.41, 5.74) is 0.698. The van der Waals surface area contributed by atoms with E-state index in [0.717, 1.165) is 21.1 Å². The zero-order chi connectivity index (χ0) is 12.3. The molecule has 1 fully saturated rings. The molecule has 1 N–H and O–H groups in total. The Hall–Kier alpha value is -0.000000000000000111. The van der Waals surface area contributed by atoms with Crippen molar-refractivity contribution in [3.8, 4) is 0 Å². The fourth-order valence-corrected chi connectivity index (χ4v) is 4.09. The first kappa shape index (κ1) is 13.4. The van der Waals surface area contributed by atoms with Crippen LogP contribution in [0.5, 0.6) is 0 Å². The summed E-state index contributed by atoms with van der Waals surface area (Å²) in [4.78, 5) is 12.1. The largest absolute Gasteiger partial charge is 0.348 e. The normalized spacial score (nSPS) is 20.0. The van der Waals surface area contributed by atoms with Gasteiger partial charge in [0.2, 0.25) is 0 Å². The Balaban J connectivity index is 2.03. The molecule has 1 unspecified atom stereocenters. The van der Waals surface area contributed by atoms with Gasteiger partial charge in [-0.15, -0.1) is 0 Å². The first-order chi connectivity index (χ1) is 8.16. The summed E-state index contributed by atoms with van der Waals surface area (Å²) >= 11 is 8.71. The molecule has 1 aromatic carbocycles. The number of carbonyl (C=O) groups is 1. The molecule has 2 nitrogen and oxygen atoms in total. The molecule has 0 radical (unpaired) electrons. The van der Waals surface area contributed by atoms with Crippen molar-refractivity contribution in [2.24, 2.45) is 0 Å². The van der Waals surface area contributed by atoms with Crippen LogP contribution in [0.1, 0.15) is 23.2 Å². The molecule has 1 aliphatic heterocycles. The number of amides is 1. The van der Waals surface area contributed by atoms with E-state index >= 15 is 0 Å². The van der Waals surface area contributed by atoms with Crippen LogP contribution in [0.25, 0.3) is 0 Å². The molecule has 5 heteroatoms. The molecular formula is C12H13Br2NOS. The van der Waals surface area contributed by atoms with Crippen LogP contribution in [-0.2, 0) is 0 Å². The molecule has 2 rings (SSSR count). The molecule has 1 aliphatic rings. The van der Waals surface area contributed by atoms with Gasteiger partial charge in [0.05, 0.1) is 5.56 Å². The molecule has 1 atom stereocenters. The Morgan fingerprint density at radius 2 is 2.24 bits per heavy atom. The average molecular weight is 379 g/mol. The number of carbonyl (C=O) groups excluding carboxylic acids is 1. The van der Waals surface area contributed by atoms with Crippen molar-refractivity contribution in [2.75, 3.05) is 11.5 Å². The highest BCUT2D eigenvalue weighted by Crippen LogP contribution is 2.23. The maximum absolute atomic E-state index is 12.1. The van der Waals surface area contributed by atoms with Crippen LogP contribution in [0, 0.1) is 0 Å². The molecule has 1 aromatic rings. The van der Waals surface area contributed by atoms with Crippen LogP contribution in [0.2, 0.25) is 0 Å². The van der Waals surface area contributed by atoms with Crippen molar-refractivity contribution in [1.82, 2.24) is 5.32 Å². The SMILES string of the molecule is O=C(NC1CCCSC1)c1ccc(Br)cc1Br. The zero-order valence-corrected chi connectivity index (χ0v) is 13.2. The first-order valence-electron chi connectivity index (χ1n) is 5.50. The number of thioether (sulfide) groups is 1. The molecule has 0 spiro atoms. The summed E-state index contributed by atoms with van der Waals surface area (Å²) in [5, 5.41) is 3.09. The van der Waals surface area contributed by atoms with E-state index in [-0.39, 0.29) is 5.91 Å². The second-order valence-corrected chi connectivity index (χ2v) is 6.93. The highest BCUT2D eigenvalue weighted by atomic mass is 79.9.